The first-order valence-corrected chi connectivity index (χ1v) is 5.14. The van der Waals surface area contributed by atoms with E-state index in [4.69, 9.17) is 4.42 Å². The summed E-state index contributed by atoms with van der Waals surface area (Å²) in [6.45, 7) is 10.4. The van der Waals surface area contributed by atoms with Crippen molar-refractivity contribution in [2.24, 2.45) is 5.92 Å². The molecule has 0 aliphatic rings. The highest BCUT2D eigenvalue weighted by molar-refractivity contribution is 5.76. The highest BCUT2D eigenvalue weighted by atomic mass is 16.3. The molecule has 0 amide bonds. The molecule has 2 aromatic heterocycles. The van der Waals surface area contributed by atoms with E-state index in [2.05, 4.69) is 32.3 Å². The number of pyridine rings is 1. The van der Waals surface area contributed by atoms with Crippen LogP contribution in [0.2, 0.25) is 0 Å². The number of aromatic nitrogens is 1. The number of fused-ring (bicyclic) bond motifs is 1. The van der Waals surface area contributed by atoms with Crippen LogP contribution in [0.1, 0.15) is 20.8 Å². The maximum atomic E-state index is 5.53. The predicted molar refractivity (Wildman–Crippen MR) is 62.7 cm³/mol. The number of rotatable bonds is 1. The lowest BCUT2D eigenvalue weighted by molar-refractivity contribution is 0.565. The summed E-state index contributed by atoms with van der Waals surface area (Å²) in [5.41, 5.74) is 2.69. The Morgan fingerprint density at radius 3 is 2.87 bits per heavy atom. The molecule has 0 aliphatic heterocycles. The van der Waals surface area contributed by atoms with E-state index in [1.54, 1.807) is 6.20 Å². The Morgan fingerprint density at radius 1 is 1.47 bits per heavy atom. The molecule has 2 heteroatoms. The molecule has 2 rings (SSSR count). The van der Waals surface area contributed by atoms with Gasteiger partial charge in [-0.3, -0.25) is 0 Å². The molecule has 0 atom stereocenters. The summed E-state index contributed by atoms with van der Waals surface area (Å²) in [6.07, 6.45) is 1.74. The zero-order chi connectivity index (χ0) is 11.0. The average Bonchev–Trinajstić information content (AvgIpc) is 2.52. The van der Waals surface area contributed by atoms with Crippen LogP contribution in [0.4, 0.5) is 0 Å². The van der Waals surface area contributed by atoms with Crippen molar-refractivity contribution >= 4 is 23.3 Å². The monoisotopic (exact) mass is 201 g/mol. The Labute approximate surface area is 88.9 Å². The lowest BCUT2D eigenvalue weighted by atomic mass is 10.0. The summed E-state index contributed by atoms with van der Waals surface area (Å²) >= 11 is 0. The maximum Gasteiger partial charge on any atom is 0.227 e. The standard InChI is InChI=1S/C13H15NO/c1-8(2)9(3)12-10(4)15-13-11(12)6-5-7-14-13/h5-8H,4H2,1-3H3/b12-9+. The van der Waals surface area contributed by atoms with Crippen molar-refractivity contribution in [3.63, 3.8) is 0 Å². The molecular weight excluding hydrogens is 186 g/mol. The van der Waals surface area contributed by atoms with E-state index in [0.29, 0.717) is 11.6 Å². The van der Waals surface area contributed by atoms with Crippen LogP contribution in [0.5, 0.6) is 0 Å². The van der Waals surface area contributed by atoms with Gasteiger partial charge in [0.25, 0.3) is 0 Å². The Bertz CT molecular complexity index is 593. The normalized spacial score (nSPS) is 13.6. The van der Waals surface area contributed by atoms with E-state index in [0.717, 1.165) is 16.0 Å². The van der Waals surface area contributed by atoms with Gasteiger partial charge in [-0.2, -0.15) is 0 Å². The molecule has 0 aliphatic carbocycles. The fourth-order valence-corrected chi connectivity index (χ4v) is 1.70. The molecule has 0 radical (unpaired) electrons. The second-order valence-electron chi connectivity index (χ2n) is 4.09. The molecule has 0 aromatic carbocycles. The van der Waals surface area contributed by atoms with Crippen LogP contribution in [0, 0.1) is 5.92 Å². The molecule has 78 valence electrons. The zero-order valence-electron chi connectivity index (χ0n) is 9.37. The van der Waals surface area contributed by atoms with Crippen LogP contribution in [-0.4, -0.2) is 4.98 Å². The molecule has 0 unspecified atom stereocenters. The largest absolute Gasteiger partial charge is 0.438 e. The van der Waals surface area contributed by atoms with E-state index in [1.165, 1.54) is 5.57 Å². The van der Waals surface area contributed by atoms with Crippen LogP contribution in [-0.2, 0) is 0 Å². The molecule has 0 bridgehead atoms. The summed E-state index contributed by atoms with van der Waals surface area (Å²) in [7, 11) is 0. The highest BCUT2D eigenvalue weighted by Gasteiger charge is 2.06. The van der Waals surface area contributed by atoms with E-state index in [-0.39, 0.29) is 0 Å². The lowest BCUT2D eigenvalue weighted by Gasteiger charge is -2.02. The topological polar surface area (TPSA) is 26.0 Å². The maximum absolute atomic E-state index is 5.53. The molecule has 15 heavy (non-hydrogen) atoms. The van der Waals surface area contributed by atoms with Crippen LogP contribution < -0.4 is 10.6 Å². The van der Waals surface area contributed by atoms with Gasteiger partial charge in [-0.25, -0.2) is 4.98 Å². The van der Waals surface area contributed by atoms with Gasteiger partial charge in [0.2, 0.25) is 5.71 Å². The second-order valence-corrected chi connectivity index (χ2v) is 4.09. The van der Waals surface area contributed by atoms with Gasteiger partial charge in [0.05, 0.1) is 0 Å². The fourth-order valence-electron chi connectivity index (χ4n) is 1.70. The van der Waals surface area contributed by atoms with Gasteiger partial charge >= 0.3 is 0 Å². The van der Waals surface area contributed by atoms with Crippen molar-refractivity contribution in [3.05, 3.63) is 29.0 Å². The first-order valence-electron chi connectivity index (χ1n) is 5.14. The van der Waals surface area contributed by atoms with Gasteiger partial charge < -0.3 is 4.42 Å². The predicted octanol–water partition coefficient (Wildman–Crippen LogP) is 2.06. The molecule has 2 aromatic rings. The van der Waals surface area contributed by atoms with E-state index in [1.807, 2.05) is 12.1 Å². The molecule has 0 saturated carbocycles. The van der Waals surface area contributed by atoms with Crippen LogP contribution in [0.15, 0.2) is 22.7 Å². The molecule has 0 N–H and O–H groups in total. The molecule has 2 heterocycles. The molecule has 0 spiro atoms. The average molecular weight is 201 g/mol. The Morgan fingerprint density at radius 2 is 2.20 bits per heavy atom. The first-order chi connectivity index (χ1) is 7.11. The number of furan rings is 1. The molecule has 0 saturated heterocycles. The molecular formula is C13H15NO. The van der Waals surface area contributed by atoms with Gasteiger partial charge in [-0.05, 0) is 25.0 Å². The van der Waals surface area contributed by atoms with Crippen molar-refractivity contribution in [1.29, 1.82) is 0 Å². The van der Waals surface area contributed by atoms with Crippen LogP contribution >= 0.6 is 0 Å². The van der Waals surface area contributed by atoms with E-state index < -0.39 is 0 Å². The van der Waals surface area contributed by atoms with E-state index >= 15 is 0 Å². The number of hydrogen-bond donors (Lipinski definition) is 0. The van der Waals surface area contributed by atoms with Crippen LogP contribution in [0.3, 0.4) is 0 Å². The van der Waals surface area contributed by atoms with E-state index in [9.17, 15) is 0 Å². The summed E-state index contributed by atoms with van der Waals surface area (Å²) < 4.78 is 5.53. The highest BCUT2D eigenvalue weighted by Crippen LogP contribution is 2.10. The van der Waals surface area contributed by atoms with Crippen molar-refractivity contribution < 1.29 is 4.42 Å². The second kappa shape index (κ2) is 3.54. The molecule has 0 fully saturated rings. The number of nitrogens with zero attached hydrogens (tertiary/aromatic N) is 1. The smallest absolute Gasteiger partial charge is 0.227 e. The van der Waals surface area contributed by atoms with Crippen molar-refractivity contribution in [2.75, 3.05) is 0 Å². The zero-order valence-corrected chi connectivity index (χ0v) is 9.37. The third-order valence-electron chi connectivity index (χ3n) is 2.80. The fraction of sp³-hybridized carbons (Fsp3) is 0.308. The summed E-state index contributed by atoms with van der Waals surface area (Å²) in [4.78, 5) is 4.18. The van der Waals surface area contributed by atoms with Crippen molar-refractivity contribution in [2.45, 2.75) is 20.8 Å². The first kappa shape index (κ1) is 9.97. The summed E-state index contributed by atoms with van der Waals surface area (Å²) in [5, 5.41) is 2.18. The Kier molecular flexibility index (Phi) is 2.35. The van der Waals surface area contributed by atoms with Gasteiger partial charge in [0, 0.05) is 16.8 Å². The summed E-state index contributed by atoms with van der Waals surface area (Å²) in [5.74, 6) is 0.492. The third-order valence-corrected chi connectivity index (χ3v) is 2.80. The number of hydrogen-bond acceptors (Lipinski definition) is 2. The van der Waals surface area contributed by atoms with Gasteiger partial charge in [-0.1, -0.05) is 26.0 Å². The van der Waals surface area contributed by atoms with Gasteiger partial charge in [0.15, 0.2) is 0 Å². The van der Waals surface area contributed by atoms with Crippen LogP contribution in [0.25, 0.3) is 23.3 Å². The Balaban J connectivity index is 2.99. The Hall–Kier alpha value is -1.57. The minimum atomic E-state index is 0.492. The quantitative estimate of drug-likeness (QED) is 0.706. The SMILES string of the molecule is C=c1oc2ncccc2/c1=C(\C)C(C)C. The van der Waals surface area contributed by atoms with Gasteiger partial charge in [0.1, 0.15) is 5.42 Å². The summed E-state index contributed by atoms with van der Waals surface area (Å²) in [6, 6.07) is 3.95. The molecule has 2 nitrogen and oxygen atoms in total. The van der Waals surface area contributed by atoms with Crippen molar-refractivity contribution in [3.8, 4) is 0 Å². The van der Waals surface area contributed by atoms with Gasteiger partial charge in [-0.15, -0.1) is 0 Å². The lowest BCUT2D eigenvalue weighted by Crippen LogP contribution is -2.22. The van der Waals surface area contributed by atoms with Crippen molar-refractivity contribution in [1.82, 2.24) is 4.98 Å². The minimum Gasteiger partial charge on any atom is -0.438 e. The minimum absolute atomic E-state index is 0.492. The third kappa shape index (κ3) is 1.56.